The number of para-hydroxylation sites is 1. The van der Waals surface area contributed by atoms with Gasteiger partial charge in [-0.3, -0.25) is 9.69 Å². The van der Waals surface area contributed by atoms with Gasteiger partial charge in [0, 0.05) is 36.6 Å². The average molecular weight is 354 g/mol. The van der Waals surface area contributed by atoms with Crippen LogP contribution in [0.5, 0.6) is 0 Å². The zero-order valence-corrected chi connectivity index (χ0v) is 15.8. The maximum absolute atomic E-state index is 12.7. The number of hydrogen-bond donors (Lipinski definition) is 0. The van der Waals surface area contributed by atoms with Crippen LogP contribution < -0.4 is 0 Å². The summed E-state index contributed by atoms with van der Waals surface area (Å²) in [5.74, 6) is 0.336. The lowest BCUT2D eigenvalue weighted by Gasteiger charge is -2.20. The van der Waals surface area contributed by atoms with E-state index in [2.05, 4.69) is 44.8 Å². The minimum Gasteiger partial charge on any atom is -0.343 e. The molecule has 0 unspecified atom stereocenters. The van der Waals surface area contributed by atoms with Gasteiger partial charge in [-0.05, 0) is 56.8 Å². The van der Waals surface area contributed by atoms with Crippen LogP contribution in [0.3, 0.4) is 0 Å². The Labute approximate surface area is 156 Å². The highest BCUT2D eigenvalue weighted by atomic mass is 16.2. The quantitative estimate of drug-likeness (QED) is 0.812. The number of hydrogen-bond acceptors (Lipinski definition) is 2. The Hall–Kier alpha value is -1.81. The summed E-state index contributed by atoms with van der Waals surface area (Å²) in [5, 5.41) is 1.32. The normalized spacial score (nSPS) is 19.2. The number of aryl methyl sites for hydroxylation is 1. The Bertz CT molecular complexity index is 737. The van der Waals surface area contributed by atoms with Crippen molar-refractivity contribution < 1.29 is 4.79 Å². The van der Waals surface area contributed by atoms with Crippen molar-refractivity contribution in [1.29, 1.82) is 0 Å². The number of aromatic nitrogens is 1. The van der Waals surface area contributed by atoms with Crippen LogP contribution in [0.1, 0.15) is 50.5 Å². The summed E-state index contributed by atoms with van der Waals surface area (Å²) < 4.78 is 2.38. The van der Waals surface area contributed by atoms with E-state index in [1.807, 2.05) is 0 Å². The lowest BCUT2D eigenvalue weighted by molar-refractivity contribution is -0.131. The predicted molar refractivity (Wildman–Crippen MR) is 106 cm³/mol. The molecule has 0 bridgehead atoms. The molecule has 2 aliphatic rings. The fraction of sp³-hybridized carbons (Fsp3) is 0.591. The zero-order valence-electron chi connectivity index (χ0n) is 15.8. The Morgan fingerprint density at radius 3 is 2.35 bits per heavy atom. The molecule has 0 aliphatic carbocycles. The summed E-state index contributed by atoms with van der Waals surface area (Å²) in [4.78, 5) is 17.3. The molecule has 0 spiro atoms. The van der Waals surface area contributed by atoms with Gasteiger partial charge >= 0.3 is 0 Å². The van der Waals surface area contributed by atoms with Gasteiger partial charge in [0.1, 0.15) is 0 Å². The number of likely N-dealkylation sites (tertiary alicyclic amines) is 2. The molecule has 0 saturated carbocycles. The van der Waals surface area contributed by atoms with Crippen molar-refractivity contribution in [2.75, 3.05) is 26.2 Å². The van der Waals surface area contributed by atoms with E-state index in [9.17, 15) is 4.79 Å². The second-order valence-corrected chi connectivity index (χ2v) is 7.90. The average Bonchev–Trinajstić information content (AvgIpc) is 3.20. The highest BCUT2D eigenvalue weighted by Gasteiger charge is 2.18. The summed E-state index contributed by atoms with van der Waals surface area (Å²) in [6, 6.07) is 8.66. The molecule has 4 rings (SSSR count). The van der Waals surface area contributed by atoms with Crippen molar-refractivity contribution in [3.05, 3.63) is 36.0 Å². The first kappa shape index (κ1) is 17.6. The maximum atomic E-state index is 12.7. The lowest BCUT2D eigenvalue weighted by Crippen LogP contribution is -2.31. The second kappa shape index (κ2) is 8.26. The summed E-state index contributed by atoms with van der Waals surface area (Å²) in [6.45, 7) is 5.29. The van der Waals surface area contributed by atoms with E-state index in [-0.39, 0.29) is 0 Å². The molecule has 140 valence electrons. The molecule has 0 N–H and O–H groups in total. The van der Waals surface area contributed by atoms with Gasteiger partial charge in [0.15, 0.2) is 0 Å². The Morgan fingerprint density at radius 1 is 0.885 bits per heavy atom. The number of nitrogens with zero attached hydrogens (tertiary/aromatic N) is 3. The predicted octanol–water partition coefficient (Wildman–Crippen LogP) is 4.03. The van der Waals surface area contributed by atoms with E-state index in [4.69, 9.17) is 0 Å². The highest BCUT2D eigenvalue weighted by Crippen LogP contribution is 2.24. The minimum absolute atomic E-state index is 0.336. The summed E-state index contributed by atoms with van der Waals surface area (Å²) in [6.07, 6.45) is 11.3. The number of amides is 1. The highest BCUT2D eigenvalue weighted by molar-refractivity contribution is 5.85. The first-order valence-electron chi connectivity index (χ1n) is 10.4. The van der Waals surface area contributed by atoms with Crippen LogP contribution in [0.15, 0.2) is 30.5 Å². The van der Waals surface area contributed by atoms with Crippen LogP contribution in [0.25, 0.3) is 10.9 Å². The van der Waals surface area contributed by atoms with Crippen molar-refractivity contribution in [2.45, 2.75) is 58.0 Å². The van der Waals surface area contributed by atoms with Crippen molar-refractivity contribution in [3.63, 3.8) is 0 Å². The first-order chi connectivity index (χ1) is 12.8. The van der Waals surface area contributed by atoms with Crippen LogP contribution in [-0.4, -0.2) is 46.5 Å². The van der Waals surface area contributed by atoms with E-state index < -0.39 is 0 Å². The maximum Gasteiger partial charge on any atom is 0.222 e. The smallest absolute Gasteiger partial charge is 0.222 e. The zero-order chi connectivity index (χ0) is 17.8. The molecule has 1 aromatic carbocycles. The van der Waals surface area contributed by atoms with Crippen molar-refractivity contribution in [2.24, 2.45) is 0 Å². The SMILES string of the molecule is O=C(CCc1cn(CN2CCCC2)c2ccccc12)N1CCCCCC1. The van der Waals surface area contributed by atoms with Crippen LogP contribution >= 0.6 is 0 Å². The van der Waals surface area contributed by atoms with Crippen molar-refractivity contribution in [1.82, 2.24) is 14.4 Å². The topological polar surface area (TPSA) is 28.5 Å². The van der Waals surface area contributed by atoms with Crippen LogP contribution in [0, 0.1) is 0 Å². The van der Waals surface area contributed by atoms with Gasteiger partial charge in [0.25, 0.3) is 0 Å². The monoisotopic (exact) mass is 353 g/mol. The third kappa shape index (κ3) is 3.96. The van der Waals surface area contributed by atoms with Crippen LogP contribution in [0.4, 0.5) is 0 Å². The summed E-state index contributed by atoms with van der Waals surface area (Å²) in [5.41, 5.74) is 2.62. The van der Waals surface area contributed by atoms with Gasteiger partial charge < -0.3 is 9.47 Å². The van der Waals surface area contributed by atoms with E-state index >= 15 is 0 Å². The van der Waals surface area contributed by atoms with Gasteiger partial charge in [-0.15, -0.1) is 0 Å². The first-order valence-corrected chi connectivity index (χ1v) is 10.4. The molecule has 0 atom stereocenters. The molecule has 2 aliphatic heterocycles. The molecule has 4 nitrogen and oxygen atoms in total. The molecule has 1 amide bonds. The third-order valence-electron chi connectivity index (χ3n) is 5.99. The van der Waals surface area contributed by atoms with Crippen LogP contribution in [0.2, 0.25) is 0 Å². The van der Waals surface area contributed by atoms with Gasteiger partial charge in [-0.2, -0.15) is 0 Å². The van der Waals surface area contributed by atoms with E-state index in [0.29, 0.717) is 12.3 Å². The molecule has 4 heteroatoms. The fourth-order valence-electron chi connectivity index (χ4n) is 4.50. The van der Waals surface area contributed by atoms with Crippen molar-refractivity contribution in [3.8, 4) is 0 Å². The number of benzene rings is 1. The van der Waals surface area contributed by atoms with Crippen LogP contribution in [-0.2, 0) is 17.9 Å². The van der Waals surface area contributed by atoms with Gasteiger partial charge in [-0.25, -0.2) is 0 Å². The fourth-order valence-corrected chi connectivity index (χ4v) is 4.50. The standard InChI is InChI=1S/C22H31N3O/c26-22(24-15-5-1-2-6-16-24)12-11-19-17-25(18-23-13-7-8-14-23)21-10-4-3-9-20(19)21/h3-4,9-10,17H,1-2,5-8,11-16,18H2. The Kier molecular flexibility index (Phi) is 5.59. The molecule has 2 saturated heterocycles. The molecule has 1 aromatic heterocycles. The number of carbonyl (C=O) groups is 1. The Balaban J connectivity index is 1.46. The van der Waals surface area contributed by atoms with Gasteiger partial charge in [0.05, 0.1) is 6.67 Å². The number of carbonyl (C=O) groups excluding carboxylic acids is 1. The van der Waals surface area contributed by atoms with Gasteiger partial charge in [-0.1, -0.05) is 31.0 Å². The van der Waals surface area contributed by atoms with Gasteiger partial charge in [0.2, 0.25) is 5.91 Å². The molecule has 0 radical (unpaired) electrons. The second-order valence-electron chi connectivity index (χ2n) is 7.90. The lowest BCUT2D eigenvalue weighted by atomic mass is 10.1. The molecule has 2 fully saturated rings. The van der Waals surface area contributed by atoms with E-state index in [1.165, 1.54) is 68.1 Å². The third-order valence-corrected chi connectivity index (χ3v) is 5.99. The molecule has 3 heterocycles. The minimum atomic E-state index is 0.336. The summed E-state index contributed by atoms with van der Waals surface area (Å²) in [7, 11) is 0. The number of rotatable bonds is 5. The summed E-state index contributed by atoms with van der Waals surface area (Å²) >= 11 is 0. The number of fused-ring (bicyclic) bond motifs is 1. The molecular weight excluding hydrogens is 322 g/mol. The molecular formula is C22H31N3O. The largest absolute Gasteiger partial charge is 0.343 e. The van der Waals surface area contributed by atoms with E-state index in [0.717, 1.165) is 26.2 Å². The van der Waals surface area contributed by atoms with Crippen molar-refractivity contribution >= 4 is 16.8 Å². The molecule has 26 heavy (non-hydrogen) atoms. The van der Waals surface area contributed by atoms with E-state index in [1.54, 1.807) is 0 Å². The molecule has 2 aromatic rings. The Morgan fingerprint density at radius 2 is 1.58 bits per heavy atom.